The Labute approximate surface area is 242 Å². The monoisotopic (exact) mass is 590 g/mol. The van der Waals surface area contributed by atoms with E-state index in [0.29, 0.717) is 18.1 Å². The highest BCUT2D eigenvalue weighted by molar-refractivity contribution is 7.32. The van der Waals surface area contributed by atoms with E-state index in [0.717, 1.165) is 40.7 Å². The summed E-state index contributed by atoms with van der Waals surface area (Å²) in [5, 5.41) is 14.1. The number of benzene rings is 1. The number of aromatic nitrogens is 2. The second-order valence-electron chi connectivity index (χ2n) is 10.5. The third-order valence-corrected chi connectivity index (χ3v) is 7.52. The van der Waals surface area contributed by atoms with Crippen LogP contribution in [-0.2, 0) is 25.0 Å². The fourth-order valence-electron chi connectivity index (χ4n) is 4.96. The number of nitrogen functional groups attached to an aromatic ring is 1. The molecule has 1 aromatic heterocycles. The molecule has 3 rings (SSSR count). The van der Waals surface area contributed by atoms with Gasteiger partial charge in [-0.2, -0.15) is 4.98 Å². The van der Waals surface area contributed by atoms with Crippen LogP contribution in [0, 0.1) is 0 Å². The average molecular weight is 591 g/mol. The van der Waals surface area contributed by atoms with Crippen LogP contribution in [0.25, 0.3) is 0 Å². The number of aliphatic hydroxyl groups excluding tert-OH is 1. The van der Waals surface area contributed by atoms with Gasteiger partial charge in [-0.25, -0.2) is 4.79 Å². The van der Waals surface area contributed by atoms with Gasteiger partial charge in [-0.15, -0.1) is 0 Å². The molecule has 226 valence electrons. The van der Waals surface area contributed by atoms with Crippen molar-refractivity contribution < 1.29 is 28.6 Å². The molecule has 11 nitrogen and oxygen atoms in total. The Balaban J connectivity index is 1.83. The molecule has 0 bridgehead atoms. The maximum absolute atomic E-state index is 12.4. The van der Waals surface area contributed by atoms with Crippen molar-refractivity contribution in [1.82, 2.24) is 14.9 Å². The number of rotatable bonds is 14. The van der Waals surface area contributed by atoms with Crippen LogP contribution >= 0.6 is 8.25 Å². The fraction of sp³-hybridized carbons (Fsp3) is 0.517. The number of nitrogens with zero attached hydrogens (tertiary/aromatic N) is 2. The highest BCUT2D eigenvalue weighted by Crippen LogP contribution is 2.36. The minimum absolute atomic E-state index is 0.0209. The van der Waals surface area contributed by atoms with E-state index >= 15 is 0 Å². The summed E-state index contributed by atoms with van der Waals surface area (Å²) in [7, 11) is -1.47. The Bertz CT molecular complexity index is 1310. The largest absolute Gasteiger partial charge is 0.491 e. The second kappa shape index (κ2) is 15.4. The quantitative estimate of drug-likeness (QED) is 0.146. The van der Waals surface area contributed by atoms with E-state index in [4.69, 9.17) is 19.7 Å². The van der Waals surface area contributed by atoms with Crippen LogP contribution < -0.4 is 16.7 Å². The number of aliphatic hydroxyl groups is 1. The lowest BCUT2D eigenvalue weighted by molar-refractivity contribution is -0.0581. The van der Waals surface area contributed by atoms with Gasteiger partial charge in [-0.3, -0.25) is 9.13 Å². The molecular formula is C29H43N4O7P. The Morgan fingerprint density at radius 3 is 2.71 bits per heavy atom. The number of nitrogens with one attached hydrogen (secondary N) is 1. The average Bonchev–Trinajstić information content (AvgIpc) is 3.21. The lowest BCUT2D eigenvalue weighted by Crippen LogP contribution is -2.37. The molecule has 0 spiro atoms. The highest BCUT2D eigenvalue weighted by Gasteiger charge is 2.47. The third kappa shape index (κ3) is 9.10. The Morgan fingerprint density at radius 2 is 2.07 bits per heavy atom. The maximum Gasteiger partial charge on any atom is 0.351 e. The zero-order chi connectivity index (χ0) is 30.1. The van der Waals surface area contributed by atoms with Crippen molar-refractivity contribution >= 4 is 14.1 Å². The van der Waals surface area contributed by atoms with Crippen molar-refractivity contribution in [2.75, 3.05) is 25.9 Å². The van der Waals surface area contributed by atoms with Crippen LogP contribution in [0.2, 0.25) is 0 Å². The predicted octanol–water partition coefficient (Wildman–Crippen LogP) is 3.45. The van der Waals surface area contributed by atoms with Crippen molar-refractivity contribution in [3.63, 3.8) is 0 Å². The molecule has 0 aliphatic carbocycles. The summed E-state index contributed by atoms with van der Waals surface area (Å²) >= 11 is 0. The topological polar surface area (TPSA) is 158 Å². The molecule has 0 radical (unpaired) electrons. The molecule has 6 atom stereocenters. The maximum atomic E-state index is 12.4. The van der Waals surface area contributed by atoms with Crippen molar-refractivity contribution in [3.05, 3.63) is 81.1 Å². The first kappa shape index (κ1) is 32.7. The van der Waals surface area contributed by atoms with Gasteiger partial charge in [0.15, 0.2) is 6.23 Å². The van der Waals surface area contributed by atoms with Crippen molar-refractivity contribution in [1.29, 1.82) is 0 Å². The molecule has 5 N–H and O–H groups in total. The van der Waals surface area contributed by atoms with Crippen molar-refractivity contribution in [2.24, 2.45) is 0 Å². The number of ether oxygens (including phenoxy) is 2. The van der Waals surface area contributed by atoms with E-state index in [9.17, 15) is 19.4 Å². The van der Waals surface area contributed by atoms with Crippen molar-refractivity contribution in [3.8, 4) is 0 Å². The minimum Gasteiger partial charge on any atom is -0.491 e. The van der Waals surface area contributed by atoms with Gasteiger partial charge in [0, 0.05) is 6.20 Å². The number of anilines is 1. The number of nitrogens with two attached hydrogens (primary N) is 1. The van der Waals surface area contributed by atoms with E-state index in [1.165, 1.54) is 17.8 Å². The molecule has 2 aromatic rings. The first-order valence-corrected chi connectivity index (χ1v) is 15.1. The fourth-order valence-corrected chi connectivity index (χ4v) is 5.49. The highest BCUT2D eigenvalue weighted by atomic mass is 31.1. The summed E-state index contributed by atoms with van der Waals surface area (Å²) in [6.45, 7) is 8.98. The smallest absolute Gasteiger partial charge is 0.351 e. The zero-order valence-electron chi connectivity index (χ0n) is 24.4. The van der Waals surface area contributed by atoms with Gasteiger partial charge in [0.05, 0.1) is 0 Å². The third-order valence-electron chi connectivity index (χ3n) is 7.04. The van der Waals surface area contributed by atoms with Gasteiger partial charge in [0.2, 0.25) is 0 Å². The molecule has 2 heterocycles. The SMILES string of the molecule is CCC(CCNC)c1cccc(C/C(C)=C(/C=C(C)C)OC[C@H]2O[C@@H](n3ccc(N)nc3=O)[C@H](O)[C@@H]2O[PH](=O)O)c1. The van der Waals surface area contributed by atoms with Crippen LogP contribution in [0.4, 0.5) is 5.82 Å². The number of allylic oxidation sites excluding steroid dienone is 3. The van der Waals surface area contributed by atoms with Gasteiger partial charge >= 0.3 is 13.9 Å². The van der Waals surface area contributed by atoms with E-state index in [-0.39, 0.29) is 12.4 Å². The molecule has 1 saturated heterocycles. The summed E-state index contributed by atoms with van der Waals surface area (Å²) in [6.07, 6.45) is 1.24. The van der Waals surface area contributed by atoms with Crippen LogP contribution in [0.3, 0.4) is 0 Å². The normalized spacial score (nSPS) is 22.6. The molecule has 0 amide bonds. The van der Waals surface area contributed by atoms with Gasteiger partial charge < -0.3 is 35.0 Å². The number of hydrogen-bond donors (Lipinski definition) is 4. The first-order valence-electron chi connectivity index (χ1n) is 13.8. The van der Waals surface area contributed by atoms with Gasteiger partial charge in [-0.05, 0) is 88.4 Å². The minimum atomic E-state index is -3.43. The summed E-state index contributed by atoms with van der Waals surface area (Å²) in [4.78, 5) is 25.5. The molecule has 1 fully saturated rings. The second-order valence-corrected chi connectivity index (χ2v) is 11.3. The van der Waals surface area contributed by atoms with Gasteiger partial charge in [-0.1, -0.05) is 36.8 Å². The standard InChI is InChI=1S/C29H43N4O7P/c1-6-21(10-12-31-5)22-9-7-8-20(16-22)15-19(4)23(14-18(2)3)38-17-24-27(40-41(36)37)26(34)28(39-24)33-13-11-25(30)32-29(33)35/h7-9,11,13-14,16,21,24,26-28,31,34,41H,6,10,12,15,17H2,1-5H3,(H,36,37)(H2,30,32,35)/b23-19-/t21?,24-,26-,27-,28-/m1/s1. The summed E-state index contributed by atoms with van der Waals surface area (Å²) in [6, 6.07) is 10.00. The van der Waals surface area contributed by atoms with E-state index in [1.54, 1.807) is 0 Å². The molecule has 1 aliphatic rings. The predicted molar refractivity (Wildman–Crippen MR) is 159 cm³/mol. The first-order chi connectivity index (χ1) is 19.5. The Morgan fingerprint density at radius 1 is 1.32 bits per heavy atom. The zero-order valence-corrected chi connectivity index (χ0v) is 25.4. The van der Waals surface area contributed by atoms with Crippen LogP contribution in [0.5, 0.6) is 0 Å². The van der Waals surface area contributed by atoms with Gasteiger partial charge in [0.25, 0.3) is 0 Å². The van der Waals surface area contributed by atoms with Gasteiger partial charge in [0.1, 0.15) is 36.5 Å². The molecule has 1 aliphatic heterocycles. The molecule has 41 heavy (non-hydrogen) atoms. The lowest BCUT2D eigenvalue weighted by atomic mass is 9.91. The van der Waals surface area contributed by atoms with E-state index < -0.39 is 38.5 Å². The lowest BCUT2D eigenvalue weighted by Gasteiger charge is -2.21. The van der Waals surface area contributed by atoms with Crippen LogP contribution in [0.1, 0.15) is 63.8 Å². The van der Waals surface area contributed by atoms with E-state index in [2.05, 4.69) is 41.5 Å². The van der Waals surface area contributed by atoms with E-state index in [1.807, 2.05) is 33.9 Å². The number of hydrogen-bond acceptors (Lipinski definition) is 9. The summed E-state index contributed by atoms with van der Waals surface area (Å²) in [5.74, 6) is 1.12. The summed E-state index contributed by atoms with van der Waals surface area (Å²) < 4.78 is 29.9. The molecule has 12 heteroatoms. The Hall–Kier alpha value is -2.79. The molecule has 2 unspecified atom stereocenters. The summed E-state index contributed by atoms with van der Waals surface area (Å²) in [5.41, 5.74) is 9.32. The Kier molecular flexibility index (Phi) is 12.3. The van der Waals surface area contributed by atoms with Crippen molar-refractivity contribution in [2.45, 2.75) is 77.4 Å². The molecule has 1 aromatic carbocycles. The molecule has 0 saturated carbocycles. The van der Waals surface area contributed by atoms with Crippen LogP contribution in [0.15, 0.2) is 64.3 Å². The van der Waals surface area contributed by atoms with Crippen LogP contribution in [-0.4, -0.2) is 58.1 Å². The molecular weight excluding hydrogens is 547 g/mol.